The molecule has 0 unspecified atom stereocenters. The SMILES string of the molecule is C=C(/C=C(/Nc1ccc(CNCCOC)cn1)C(N)=O)c1cccc(-n2ncc3cc(C(C)(C)C)cc(F)c3c2=O)c1COCC.CC.CCC. The number of amides is 1. The number of ether oxygens (including phenoxy) is 2. The van der Waals surface area contributed by atoms with Gasteiger partial charge in [0, 0.05) is 44.0 Å². The maximum Gasteiger partial charge on any atom is 0.282 e. The van der Waals surface area contributed by atoms with Crippen molar-refractivity contribution in [1.29, 1.82) is 0 Å². The summed E-state index contributed by atoms with van der Waals surface area (Å²) >= 11 is 0. The third-order valence-corrected chi connectivity index (χ3v) is 7.36. The number of aromatic nitrogens is 3. The van der Waals surface area contributed by atoms with Gasteiger partial charge in [0.25, 0.3) is 11.5 Å². The number of hydrogen-bond donors (Lipinski definition) is 3. The van der Waals surface area contributed by atoms with E-state index in [9.17, 15) is 9.59 Å². The summed E-state index contributed by atoms with van der Waals surface area (Å²) in [6.45, 7) is 22.7. The number of nitrogens with two attached hydrogens (primary N) is 1. The van der Waals surface area contributed by atoms with Crippen LogP contribution >= 0.6 is 0 Å². The molecule has 0 aliphatic carbocycles. The fraction of sp³-hybridized carbons (Fsp3) is 0.400. The molecule has 0 fully saturated rings. The zero-order chi connectivity index (χ0) is 38.1. The number of nitrogens with one attached hydrogen (secondary N) is 2. The van der Waals surface area contributed by atoms with Gasteiger partial charge < -0.3 is 25.8 Å². The highest BCUT2D eigenvalue weighted by Gasteiger charge is 2.21. The average molecular weight is 703 g/mol. The van der Waals surface area contributed by atoms with Gasteiger partial charge in [-0.1, -0.05) is 79.7 Å². The highest BCUT2D eigenvalue weighted by atomic mass is 19.1. The van der Waals surface area contributed by atoms with Crippen LogP contribution in [0.15, 0.2) is 78.0 Å². The number of hydrogen-bond acceptors (Lipinski definition) is 8. The Hall–Kier alpha value is -4.71. The van der Waals surface area contributed by atoms with Gasteiger partial charge in [-0.05, 0) is 64.9 Å². The minimum atomic E-state index is -0.715. The van der Waals surface area contributed by atoms with Crippen LogP contribution in [0.3, 0.4) is 0 Å². The molecule has 0 saturated carbocycles. The van der Waals surface area contributed by atoms with Gasteiger partial charge >= 0.3 is 0 Å². The smallest absolute Gasteiger partial charge is 0.282 e. The first-order chi connectivity index (χ1) is 24.4. The zero-order valence-corrected chi connectivity index (χ0v) is 31.7. The number of allylic oxidation sites excluding steroid dienone is 2. The van der Waals surface area contributed by atoms with Crippen LogP contribution in [0.25, 0.3) is 22.0 Å². The monoisotopic (exact) mass is 702 g/mol. The van der Waals surface area contributed by atoms with Gasteiger partial charge in [0.2, 0.25) is 0 Å². The van der Waals surface area contributed by atoms with Crippen LogP contribution in [0.4, 0.5) is 10.2 Å². The average Bonchev–Trinajstić information content (AvgIpc) is 3.10. The molecule has 2 aromatic carbocycles. The van der Waals surface area contributed by atoms with Gasteiger partial charge in [-0.25, -0.2) is 9.37 Å². The van der Waals surface area contributed by atoms with Crippen LogP contribution in [0.2, 0.25) is 0 Å². The van der Waals surface area contributed by atoms with Crippen LogP contribution in [0.1, 0.15) is 84.1 Å². The molecule has 276 valence electrons. The molecule has 0 saturated heterocycles. The number of carbonyl (C=O) groups excluding carboxylic acids is 1. The minimum Gasteiger partial charge on any atom is -0.383 e. The van der Waals surface area contributed by atoms with Crippen molar-refractivity contribution in [2.24, 2.45) is 5.73 Å². The molecule has 0 aliphatic heterocycles. The van der Waals surface area contributed by atoms with Gasteiger partial charge in [-0.3, -0.25) is 9.59 Å². The third-order valence-electron chi connectivity index (χ3n) is 7.36. The summed E-state index contributed by atoms with van der Waals surface area (Å²) in [7, 11) is 1.65. The lowest BCUT2D eigenvalue weighted by molar-refractivity contribution is -0.114. The largest absolute Gasteiger partial charge is 0.383 e. The highest BCUT2D eigenvalue weighted by molar-refractivity contribution is 5.98. The van der Waals surface area contributed by atoms with E-state index in [1.54, 1.807) is 43.6 Å². The topological polar surface area (TPSA) is 133 Å². The number of methoxy groups -OCH3 is 1. The number of rotatable bonds is 14. The first kappa shape index (κ1) is 42.5. The molecule has 4 rings (SSSR count). The second kappa shape index (κ2) is 20.8. The van der Waals surface area contributed by atoms with Gasteiger partial charge in [0.05, 0.1) is 30.5 Å². The number of primary amides is 1. The Morgan fingerprint density at radius 3 is 2.39 bits per heavy atom. The molecule has 0 aliphatic rings. The number of anilines is 1. The Bertz CT molecular complexity index is 1830. The van der Waals surface area contributed by atoms with Crippen LogP contribution in [-0.2, 0) is 32.8 Å². The number of carbonyl (C=O) groups is 1. The van der Waals surface area contributed by atoms with E-state index in [1.165, 1.54) is 29.4 Å². The van der Waals surface area contributed by atoms with E-state index in [0.717, 1.165) is 11.1 Å². The Labute approximate surface area is 302 Å². The predicted octanol–water partition coefficient (Wildman–Crippen LogP) is 7.43. The Morgan fingerprint density at radius 1 is 1.10 bits per heavy atom. The first-order valence-corrected chi connectivity index (χ1v) is 17.4. The second-order valence-corrected chi connectivity index (χ2v) is 12.5. The van der Waals surface area contributed by atoms with Crippen molar-refractivity contribution in [1.82, 2.24) is 20.1 Å². The molecule has 2 heterocycles. The molecule has 51 heavy (non-hydrogen) atoms. The Morgan fingerprint density at radius 2 is 1.80 bits per heavy atom. The summed E-state index contributed by atoms with van der Waals surface area (Å²) in [4.78, 5) is 30.5. The molecule has 4 aromatic rings. The zero-order valence-electron chi connectivity index (χ0n) is 31.7. The molecule has 1 amide bonds. The summed E-state index contributed by atoms with van der Waals surface area (Å²) in [5.41, 5.74) is 8.59. The van der Waals surface area contributed by atoms with Crippen LogP contribution in [0, 0.1) is 5.82 Å². The molecular formula is C40H55FN6O4. The van der Waals surface area contributed by atoms with Crippen molar-refractivity contribution in [2.75, 3.05) is 32.2 Å². The second-order valence-electron chi connectivity index (χ2n) is 12.5. The van der Waals surface area contributed by atoms with E-state index >= 15 is 4.39 Å². The molecular weight excluding hydrogens is 647 g/mol. The maximum absolute atomic E-state index is 15.4. The van der Waals surface area contributed by atoms with Crippen molar-refractivity contribution in [2.45, 2.75) is 80.4 Å². The molecule has 4 N–H and O–H groups in total. The molecule has 0 bridgehead atoms. The standard InChI is InChI=1S/C35H41FN6O4.C3H8.C2H6/c1-7-46-21-27-26(22(2)15-29(33(37)43)41-31-12-11-23(19-39-31)18-38-13-14-45-6)9-8-10-30(27)42-34(44)32-24(20-40-42)16-25(17-28(32)36)35(3,4)5;1-3-2;1-2/h8-12,15-17,19-20,38H,2,7,13-14,18,21H2,1,3-6H3,(H2,37,43)(H,39,41);3H2,1-2H3;1-2H3/b29-15+;;. The third kappa shape index (κ3) is 11.9. The van der Waals surface area contributed by atoms with Gasteiger partial charge in [0.1, 0.15) is 17.3 Å². The van der Waals surface area contributed by atoms with E-state index in [2.05, 4.69) is 41.1 Å². The lowest BCUT2D eigenvalue weighted by Crippen LogP contribution is -2.24. The fourth-order valence-electron chi connectivity index (χ4n) is 4.84. The summed E-state index contributed by atoms with van der Waals surface area (Å²) in [5.74, 6) is -0.904. The number of pyridine rings is 1. The Balaban J connectivity index is 0.00000171. The number of fused-ring (bicyclic) bond motifs is 1. The summed E-state index contributed by atoms with van der Waals surface area (Å²) in [6.07, 6.45) is 5.95. The highest BCUT2D eigenvalue weighted by Crippen LogP contribution is 2.29. The van der Waals surface area contributed by atoms with Gasteiger partial charge in [-0.15, -0.1) is 0 Å². The minimum absolute atomic E-state index is 0.0565. The van der Waals surface area contributed by atoms with Gasteiger partial charge in [-0.2, -0.15) is 9.78 Å². The molecule has 0 spiro atoms. The van der Waals surface area contributed by atoms with Crippen LogP contribution in [-0.4, -0.2) is 47.5 Å². The quantitative estimate of drug-likeness (QED) is 0.0702. The van der Waals surface area contributed by atoms with E-state index < -0.39 is 17.3 Å². The number of halogens is 1. The first-order valence-electron chi connectivity index (χ1n) is 17.4. The predicted molar refractivity (Wildman–Crippen MR) is 206 cm³/mol. The fourth-order valence-corrected chi connectivity index (χ4v) is 4.84. The molecule has 11 heteroatoms. The lowest BCUT2D eigenvalue weighted by Gasteiger charge is -2.20. The van der Waals surface area contributed by atoms with Crippen molar-refractivity contribution in [3.63, 3.8) is 0 Å². The van der Waals surface area contributed by atoms with Crippen molar-refractivity contribution in [3.05, 3.63) is 112 Å². The normalized spacial score (nSPS) is 11.3. The molecule has 2 aromatic heterocycles. The van der Waals surface area contributed by atoms with Crippen LogP contribution in [0.5, 0.6) is 0 Å². The number of nitrogens with zero attached hydrogens (tertiary/aromatic N) is 3. The summed E-state index contributed by atoms with van der Waals surface area (Å²) in [6, 6.07) is 12.1. The van der Waals surface area contributed by atoms with E-state index in [-0.39, 0.29) is 23.1 Å². The van der Waals surface area contributed by atoms with Crippen molar-refractivity contribution >= 4 is 28.1 Å². The van der Waals surface area contributed by atoms with E-state index in [1.807, 2.05) is 47.6 Å². The van der Waals surface area contributed by atoms with Gasteiger partial charge in [0.15, 0.2) is 0 Å². The summed E-state index contributed by atoms with van der Waals surface area (Å²) < 4.78 is 27.4. The van der Waals surface area contributed by atoms with E-state index in [0.29, 0.717) is 59.9 Å². The van der Waals surface area contributed by atoms with E-state index in [4.69, 9.17) is 15.2 Å². The Kier molecular flexibility index (Phi) is 17.4. The number of benzene rings is 2. The molecule has 0 radical (unpaired) electrons. The molecule has 0 atom stereocenters. The lowest BCUT2D eigenvalue weighted by atomic mass is 9.86. The maximum atomic E-state index is 15.4. The van der Waals surface area contributed by atoms with Crippen molar-refractivity contribution in [3.8, 4) is 5.69 Å². The van der Waals surface area contributed by atoms with Crippen LogP contribution < -0.4 is 21.9 Å². The molecule has 10 nitrogen and oxygen atoms in total. The summed E-state index contributed by atoms with van der Waals surface area (Å²) in [5, 5.41) is 11.0. The van der Waals surface area contributed by atoms with Crippen molar-refractivity contribution < 1.29 is 18.7 Å².